The molecule has 3 amide bonds. The molecular formula is C25H31N3O4S. The standard InChI is InChI=1S/C25H31N3O4S/c1-5-32-17-10-8-16(9-11-17)19-15-33-23(26-19)27-20(29)7-6-14-28-21(30)18-12-13-25(4,22(28)31)24(18,2)3/h8-11,15,18H,5-7,12-14H2,1-4H3,(H,26,27,29). The number of anilines is 1. The highest BCUT2D eigenvalue weighted by Gasteiger charge is 2.64. The molecule has 2 aromatic rings. The van der Waals surface area contributed by atoms with E-state index in [2.05, 4.69) is 10.3 Å². The molecule has 8 heteroatoms. The second kappa shape index (κ2) is 8.89. The molecule has 2 heterocycles. The maximum Gasteiger partial charge on any atom is 0.235 e. The summed E-state index contributed by atoms with van der Waals surface area (Å²) >= 11 is 1.36. The van der Waals surface area contributed by atoms with Gasteiger partial charge in [-0.25, -0.2) is 4.98 Å². The predicted octanol–water partition coefficient (Wildman–Crippen LogP) is 4.74. The van der Waals surface area contributed by atoms with Crippen molar-refractivity contribution in [1.82, 2.24) is 9.88 Å². The summed E-state index contributed by atoms with van der Waals surface area (Å²) < 4.78 is 5.46. The number of nitrogens with zero attached hydrogens (tertiary/aromatic N) is 2. The molecule has 2 atom stereocenters. The van der Waals surface area contributed by atoms with Crippen molar-refractivity contribution in [2.45, 2.75) is 53.4 Å². The number of carbonyl (C=O) groups excluding carboxylic acids is 3. The number of amides is 3. The smallest absolute Gasteiger partial charge is 0.235 e. The van der Waals surface area contributed by atoms with Gasteiger partial charge in [-0.15, -0.1) is 11.3 Å². The highest BCUT2D eigenvalue weighted by atomic mass is 32.1. The summed E-state index contributed by atoms with van der Waals surface area (Å²) in [7, 11) is 0. The molecule has 1 aromatic carbocycles. The van der Waals surface area contributed by atoms with E-state index in [1.165, 1.54) is 16.2 Å². The Kier molecular flexibility index (Phi) is 6.31. The van der Waals surface area contributed by atoms with Crippen LogP contribution in [0.3, 0.4) is 0 Å². The second-order valence-electron chi connectivity index (χ2n) is 9.59. The molecular weight excluding hydrogens is 438 g/mol. The maximum absolute atomic E-state index is 13.1. The lowest BCUT2D eigenvalue weighted by Crippen LogP contribution is -2.59. The van der Waals surface area contributed by atoms with Gasteiger partial charge in [-0.05, 0) is 55.9 Å². The van der Waals surface area contributed by atoms with Crippen molar-refractivity contribution >= 4 is 34.2 Å². The van der Waals surface area contributed by atoms with Gasteiger partial charge >= 0.3 is 0 Å². The van der Waals surface area contributed by atoms with Crippen LogP contribution in [0.1, 0.15) is 53.4 Å². The number of ether oxygens (including phenoxy) is 1. The van der Waals surface area contributed by atoms with Crippen molar-refractivity contribution in [1.29, 1.82) is 0 Å². The van der Waals surface area contributed by atoms with Gasteiger partial charge in [0, 0.05) is 29.8 Å². The number of fused-ring (bicyclic) bond motifs is 2. The SMILES string of the molecule is CCOc1ccc(-c2csc(NC(=O)CCCN3C(=O)C4CCC(C)(C3=O)C4(C)C)n2)cc1. The van der Waals surface area contributed by atoms with E-state index in [0.717, 1.165) is 29.8 Å². The van der Waals surface area contributed by atoms with Gasteiger partial charge in [0.1, 0.15) is 5.75 Å². The average Bonchev–Trinajstić information content (AvgIpc) is 3.30. The molecule has 1 N–H and O–H groups in total. The quantitative estimate of drug-likeness (QED) is 0.564. The Morgan fingerprint density at radius 3 is 2.67 bits per heavy atom. The molecule has 1 aromatic heterocycles. The van der Waals surface area contributed by atoms with Crippen molar-refractivity contribution in [2.75, 3.05) is 18.5 Å². The van der Waals surface area contributed by atoms with Crippen LogP contribution in [0.4, 0.5) is 5.13 Å². The van der Waals surface area contributed by atoms with Gasteiger partial charge in [0.25, 0.3) is 0 Å². The van der Waals surface area contributed by atoms with E-state index < -0.39 is 5.41 Å². The fourth-order valence-electron chi connectivity index (χ4n) is 5.04. The fourth-order valence-corrected chi connectivity index (χ4v) is 5.78. The Morgan fingerprint density at radius 1 is 1.24 bits per heavy atom. The number of aromatic nitrogens is 1. The molecule has 1 saturated carbocycles. The van der Waals surface area contributed by atoms with E-state index in [9.17, 15) is 14.4 Å². The van der Waals surface area contributed by atoms with Crippen LogP contribution in [0.25, 0.3) is 11.3 Å². The second-order valence-corrected chi connectivity index (χ2v) is 10.4. The number of piperidine rings is 1. The van der Waals surface area contributed by atoms with Gasteiger partial charge in [-0.1, -0.05) is 20.8 Å². The summed E-state index contributed by atoms with van der Waals surface area (Å²) in [6.45, 7) is 8.87. The van der Waals surface area contributed by atoms with E-state index in [0.29, 0.717) is 18.2 Å². The number of hydrogen-bond donors (Lipinski definition) is 1. The normalized spacial score (nSPS) is 23.6. The molecule has 2 unspecified atom stereocenters. The molecule has 2 aliphatic rings. The first-order chi connectivity index (χ1) is 15.7. The Morgan fingerprint density at radius 2 is 1.97 bits per heavy atom. The number of nitrogens with one attached hydrogen (secondary N) is 1. The van der Waals surface area contributed by atoms with Crippen molar-refractivity contribution in [2.24, 2.45) is 16.7 Å². The molecule has 7 nitrogen and oxygen atoms in total. The summed E-state index contributed by atoms with van der Waals surface area (Å²) in [5.41, 5.74) is 0.907. The van der Waals surface area contributed by atoms with Gasteiger partial charge in [-0.2, -0.15) is 0 Å². The number of imide groups is 1. The van der Waals surface area contributed by atoms with Gasteiger partial charge in [0.15, 0.2) is 5.13 Å². The van der Waals surface area contributed by atoms with Crippen LogP contribution < -0.4 is 10.1 Å². The van der Waals surface area contributed by atoms with Crippen LogP contribution in [-0.4, -0.2) is 40.8 Å². The summed E-state index contributed by atoms with van der Waals surface area (Å²) in [5, 5.41) is 5.26. The minimum absolute atomic E-state index is 0.0831. The number of hydrogen-bond acceptors (Lipinski definition) is 6. The average molecular weight is 470 g/mol. The lowest BCUT2D eigenvalue weighted by atomic mass is 9.62. The van der Waals surface area contributed by atoms with Gasteiger partial charge in [0.2, 0.25) is 17.7 Å². The van der Waals surface area contributed by atoms with Crippen LogP contribution in [0, 0.1) is 16.7 Å². The molecule has 33 heavy (non-hydrogen) atoms. The molecule has 0 spiro atoms. The molecule has 1 aliphatic heterocycles. The van der Waals surface area contributed by atoms with Crippen LogP contribution in [0.5, 0.6) is 5.75 Å². The van der Waals surface area contributed by atoms with Crippen molar-refractivity contribution in [3.05, 3.63) is 29.6 Å². The van der Waals surface area contributed by atoms with Gasteiger partial charge in [0.05, 0.1) is 17.7 Å². The lowest BCUT2D eigenvalue weighted by molar-refractivity contribution is -0.168. The highest BCUT2D eigenvalue weighted by Crippen LogP contribution is 2.60. The zero-order valence-electron chi connectivity index (χ0n) is 19.6. The first-order valence-electron chi connectivity index (χ1n) is 11.5. The fraction of sp³-hybridized carbons (Fsp3) is 0.520. The van der Waals surface area contributed by atoms with Crippen molar-refractivity contribution in [3.63, 3.8) is 0 Å². The lowest BCUT2D eigenvalue weighted by Gasteiger charge is -2.47. The third-order valence-electron chi connectivity index (χ3n) is 7.50. The van der Waals surface area contributed by atoms with Gasteiger partial charge in [-0.3, -0.25) is 19.3 Å². The maximum atomic E-state index is 13.1. The van der Waals surface area contributed by atoms with E-state index in [4.69, 9.17) is 4.74 Å². The summed E-state index contributed by atoms with van der Waals surface area (Å²) in [6, 6.07) is 7.67. The van der Waals surface area contributed by atoms with E-state index >= 15 is 0 Å². The minimum atomic E-state index is -0.508. The van der Waals surface area contributed by atoms with Crippen molar-refractivity contribution in [3.8, 4) is 17.0 Å². The first-order valence-corrected chi connectivity index (χ1v) is 12.4. The summed E-state index contributed by atoms with van der Waals surface area (Å²) in [5.74, 6) is 0.340. The molecule has 0 radical (unpaired) electrons. The number of carbonyl (C=O) groups is 3. The third kappa shape index (κ3) is 4.16. The molecule has 2 bridgehead atoms. The first kappa shape index (κ1) is 23.4. The topological polar surface area (TPSA) is 88.6 Å². The third-order valence-corrected chi connectivity index (χ3v) is 8.26. The minimum Gasteiger partial charge on any atom is -0.494 e. The molecule has 176 valence electrons. The van der Waals surface area contributed by atoms with Crippen LogP contribution in [0.15, 0.2) is 29.6 Å². The van der Waals surface area contributed by atoms with Crippen LogP contribution in [-0.2, 0) is 14.4 Å². The molecule has 4 rings (SSSR count). The van der Waals surface area contributed by atoms with E-state index in [1.54, 1.807) is 0 Å². The molecule has 2 fully saturated rings. The van der Waals surface area contributed by atoms with E-state index in [1.807, 2.05) is 57.3 Å². The highest BCUT2D eigenvalue weighted by molar-refractivity contribution is 7.14. The Labute approximate surface area is 198 Å². The number of rotatable bonds is 8. The summed E-state index contributed by atoms with van der Waals surface area (Å²) in [4.78, 5) is 44.3. The van der Waals surface area contributed by atoms with Crippen LogP contribution >= 0.6 is 11.3 Å². The number of benzene rings is 1. The van der Waals surface area contributed by atoms with E-state index in [-0.39, 0.29) is 42.0 Å². The number of likely N-dealkylation sites (tertiary alicyclic amines) is 1. The Hall–Kier alpha value is -2.74. The zero-order valence-corrected chi connectivity index (χ0v) is 20.5. The largest absolute Gasteiger partial charge is 0.494 e. The molecule has 1 aliphatic carbocycles. The predicted molar refractivity (Wildman–Crippen MR) is 128 cm³/mol. The van der Waals surface area contributed by atoms with Gasteiger partial charge < -0.3 is 10.1 Å². The number of thiazole rings is 1. The van der Waals surface area contributed by atoms with Crippen molar-refractivity contribution < 1.29 is 19.1 Å². The zero-order chi connectivity index (χ0) is 23.8. The Balaban J connectivity index is 1.30. The Bertz CT molecular complexity index is 1060. The van der Waals surface area contributed by atoms with Crippen LogP contribution in [0.2, 0.25) is 0 Å². The molecule has 1 saturated heterocycles. The summed E-state index contributed by atoms with van der Waals surface area (Å²) in [6.07, 6.45) is 2.15. The monoisotopic (exact) mass is 469 g/mol.